The number of rotatable bonds is 8. The molecule has 7 nitrogen and oxygen atoms in total. The first-order valence-electron chi connectivity index (χ1n) is 10.3. The van der Waals surface area contributed by atoms with Crippen molar-refractivity contribution in [2.45, 2.75) is 38.2 Å². The number of ether oxygens (including phenoxy) is 2. The van der Waals surface area contributed by atoms with E-state index < -0.39 is 0 Å². The molecule has 2 heterocycles. The average molecular weight is 439 g/mol. The van der Waals surface area contributed by atoms with Crippen LogP contribution in [0.5, 0.6) is 11.5 Å². The molecule has 8 heteroatoms. The van der Waals surface area contributed by atoms with Crippen LogP contribution in [-0.4, -0.2) is 45.0 Å². The SMILES string of the molecule is CCn1c(COc2ccccc2OC)nnc1SCC(=O)N1CCc2ccccc2C1. The number of thioether (sulfide) groups is 1. The monoisotopic (exact) mass is 438 g/mol. The molecule has 0 spiro atoms. The lowest BCUT2D eigenvalue weighted by Crippen LogP contribution is -2.37. The number of aromatic nitrogens is 3. The quantitative estimate of drug-likeness (QED) is 0.501. The van der Waals surface area contributed by atoms with Crippen molar-refractivity contribution < 1.29 is 14.3 Å². The minimum atomic E-state index is 0.122. The van der Waals surface area contributed by atoms with Crippen LogP contribution in [-0.2, 0) is 30.9 Å². The number of amides is 1. The molecule has 0 bridgehead atoms. The fourth-order valence-corrected chi connectivity index (χ4v) is 4.58. The number of nitrogens with zero attached hydrogens (tertiary/aromatic N) is 4. The second-order valence-electron chi connectivity index (χ2n) is 7.21. The van der Waals surface area contributed by atoms with Crippen LogP contribution in [0.25, 0.3) is 0 Å². The summed E-state index contributed by atoms with van der Waals surface area (Å²) in [5.41, 5.74) is 2.57. The third kappa shape index (κ3) is 4.85. The molecule has 0 radical (unpaired) electrons. The zero-order valence-corrected chi connectivity index (χ0v) is 18.6. The van der Waals surface area contributed by atoms with E-state index in [1.807, 2.05) is 46.7 Å². The van der Waals surface area contributed by atoms with E-state index in [4.69, 9.17) is 9.47 Å². The first-order chi connectivity index (χ1) is 15.2. The largest absolute Gasteiger partial charge is 0.493 e. The summed E-state index contributed by atoms with van der Waals surface area (Å²) in [4.78, 5) is 14.7. The lowest BCUT2D eigenvalue weighted by Gasteiger charge is -2.28. The molecule has 0 fully saturated rings. The molecule has 162 valence electrons. The van der Waals surface area contributed by atoms with E-state index in [9.17, 15) is 4.79 Å². The number of benzene rings is 2. The number of fused-ring (bicyclic) bond motifs is 1. The zero-order valence-electron chi connectivity index (χ0n) is 17.8. The third-order valence-corrected chi connectivity index (χ3v) is 6.30. The Morgan fingerprint density at radius 3 is 2.58 bits per heavy atom. The molecule has 0 saturated heterocycles. The van der Waals surface area contributed by atoms with Crippen molar-refractivity contribution in [2.75, 3.05) is 19.4 Å². The first-order valence-corrected chi connectivity index (χ1v) is 11.3. The van der Waals surface area contributed by atoms with Gasteiger partial charge in [0.1, 0.15) is 6.61 Å². The van der Waals surface area contributed by atoms with Gasteiger partial charge < -0.3 is 18.9 Å². The highest BCUT2D eigenvalue weighted by molar-refractivity contribution is 7.99. The zero-order chi connectivity index (χ0) is 21.6. The van der Waals surface area contributed by atoms with Crippen molar-refractivity contribution in [2.24, 2.45) is 0 Å². The summed E-state index contributed by atoms with van der Waals surface area (Å²) in [6, 6.07) is 15.8. The van der Waals surface area contributed by atoms with Gasteiger partial charge in [0.25, 0.3) is 0 Å². The molecule has 0 saturated carbocycles. The van der Waals surface area contributed by atoms with E-state index in [1.165, 1.54) is 22.9 Å². The van der Waals surface area contributed by atoms with Crippen LogP contribution in [0.4, 0.5) is 0 Å². The first kappa shape index (κ1) is 21.2. The molecule has 31 heavy (non-hydrogen) atoms. The lowest BCUT2D eigenvalue weighted by molar-refractivity contribution is -0.129. The Bertz CT molecular complexity index is 1050. The summed E-state index contributed by atoms with van der Waals surface area (Å²) in [5, 5.41) is 9.30. The summed E-state index contributed by atoms with van der Waals surface area (Å²) in [6.45, 7) is 4.44. The van der Waals surface area contributed by atoms with E-state index in [-0.39, 0.29) is 12.5 Å². The molecule has 0 aliphatic carbocycles. The van der Waals surface area contributed by atoms with E-state index in [1.54, 1.807) is 7.11 Å². The Balaban J connectivity index is 1.36. The molecular weight excluding hydrogens is 412 g/mol. The van der Waals surface area contributed by atoms with Gasteiger partial charge >= 0.3 is 0 Å². The van der Waals surface area contributed by atoms with Crippen LogP contribution < -0.4 is 9.47 Å². The molecule has 1 aliphatic rings. The highest BCUT2D eigenvalue weighted by Gasteiger charge is 2.21. The minimum absolute atomic E-state index is 0.122. The third-order valence-electron chi connectivity index (χ3n) is 5.34. The van der Waals surface area contributed by atoms with Gasteiger partial charge in [-0.2, -0.15) is 0 Å². The highest BCUT2D eigenvalue weighted by atomic mass is 32.2. The van der Waals surface area contributed by atoms with E-state index >= 15 is 0 Å². The Morgan fingerprint density at radius 2 is 1.81 bits per heavy atom. The van der Waals surface area contributed by atoms with E-state index in [0.717, 1.165) is 23.9 Å². The molecule has 0 unspecified atom stereocenters. The maximum atomic E-state index is 12.8. The summed E-state index contributed by atoms with van der Waals surface area (Å²) in [6.07, 6.45) is 0.905. The summed E-state index contributed by atoms with van der Waals surface area (Å²) >= 11 is 1.42. The fourth-order valence-electron chi connectivity index (χ4n) is 3.66. The second kappa shape index (κ2) is 9.87. The van der Waals surface area contributed by atoms with Crippen molar-refractivity contribution in [3.8, 4) is 11.5 Å². The molecule has 1 aromatic heterocycles. The molecule has 1 amide bonds. The van der Waals surface area contributed by atoms with Crippen LogP contribution in [0.1, 0.15) is 23.9 Å². The highest BCUT2D eigenvalue weighted by Crippen LogP contribution is 2.27. The Morgan fingerprint density at radius 1 is 1.06 bits per heavy atom. The fraction of sp³-hybridized carbons (Fsp3) is 0.348. The Labute approximate surface area is 186 Å². The molecule has 4 rings (SSSR count). The van der Waals surface area contributed by atoms with Gasteiger partial charge in [-0.05, 0) is 36.6 Å². The standard InChI is InChI=1S/C23H26N4O3S/c1-3-27-21(15-30-20-11-7-6-10-19(20)29-2)24-25-23(27)31-16-22(28)26-13-12-17-8-4-5-9-18(17)14-26/h4-11H,3,12-16H2,1-2H3. The number of hydrogen-bond donors (Lipinski definition) is 0. The van der Waals surface area contributed by atoms with E-state index in [0.29, 0.717) is 30.3 Å². The van der Waals surface area contributed by atoms with Crippen molar-refractivity contribution in [1.29, 1.82) is 0 Å². The van der Waals surface area contributed by atoms with Gasteiger partial charge in [-0.25, -0.2) is 0 Å². The maximum absolute atomic E-state index is 12.8. The summed E-state index contributed by atoms with van der Waals surface area (Å²) in [5.74, 6) is 2.51. The van der Waals surface area contributed by atoms with Crippen LogP contribution in [0.2, 0.25) is 0 Å². The van der Waals surface area contributed by atoms with Crippen LogP contribution in [0.3, 0.4) is 0 Å². The van der Waals surface area contributed by atoms with Crippen molar-refractivity contribution in [3.63, 3.8) is 0 Å². The molecule has 0 N–H and O–H groups in total. The molecular formula is C23H26N4O3S. The summed E-state index contributed by atoms with van der Waals surface area (Å²) in [7, 11) is 1.61. The van der Waals surface area contributed by atoms with Gasteiger partial charge in [0.05, 0.1) is 12.9 Å². The number of carbonyl (C=O) groups is 1. The van der Waals surface area contributed by atoms with Crippen LogP contribution in [0.15, 0.2) is 53.7 Å². The molecule has 0 atom stereocenters. The van der Waals surface area contributed by atoms with Gasteiger partial charge in [0.15, 0.2) is 22.5 Å². The number of hydrogen-bond acceptors (Lipinski definition) is 6. The molecule has 2 aromatic carbocycles. The van der Waals surface area contributed by atoms with Gasteiger partial charge in [-0.3, -0.25) is 4.79 Å². The van der Waals surface area contributed by atoms with E-state index in [2.05, 4.69) is 28.4 Å². The number of carbonyl (C=O) groups excluding carboxylic acids is 1. The normalized spacial score (nSPS) is 13.0. The predicted molar refractivity (Wildman–Crippen MR) is 119 cm³/mol. The smallest absolute Gasteiger partial charge is 0.233 e. The van der Waals surface area contributed by atoms with Crippen molar-refractivity contribution in [3.05, 3.63) is 65.5 Å². The Hall–Kier alpha value is -3.00. The Kier molecular flexibility index (Phi) is 6.76. The second-order valence-corrected chi connectivity index (χ2v) is 8.15. The van der Waals surface area contributed by atoms with Gasteiger partial charge in [-0.1, -0.05) is 48.2 Å². The average Bonchev–Trinajstić information content (AvgIpc) is 3.22. The van der Waals surface area contributed by atoms with Crippen molar-refractivity contribution >= 4 is 17.7 Å². The topological polar surface area (TPSA) is 69.5 Å². The van der Waals surface area contributed by atoms with Crippen LogP contribution in [0, 0.1) is 0 Å². The lowest BCUT2D eigenvalue weighted by atomic mass is 10.00. The van der Waals surface area contributed by atoms with Gasteiger partial charge in [-0.15, -0.1) is 10.2 Å². The molecule has 3 aromatic rings. The van der Waals surface area contributed by atoms with Crippen molar-refractivity contribution in [1.82, 2.24) is 19.7 Å². The number of methoxy groups -OCH3 is 1. The maximum Gasteiger partial charge on any atom is 0.233 e. The molecule has 1 aliphatic heterocycles. The van der Waals surface area contributed by atoms with Gasteiger partial charge in [0, 0.05) is 19.6 Å². The number of para-hydroxylation sites is 2. The predicted octanol–water partition coefficient (Wildman–Crippen LogP) is 3.56. The van der Waals surface area contributed by atoms with Crippen LogP contribution >= 0.6 is 11.8 Å². The summed E-state index contributed by atoms with van der Waals surface area (Å²) < 4.78 is 13.2. The minimum Gasteiger partial charge on any atom is -0.493 e. The van der Waals surface area contributed by atoms with Gasteiger partial charge in [0.2, 0.25) is 5.91 Å².